The van der Waals surface area contributed by atoms with Crippen LogP contribution in [0.1, 0.15) is 5.56 Å². The second kappa shape index (κ2) is 5.62. The molecular formula is C15H13FN4O. The molecule has 5 nitrogen and oxygen atoms in total. The molecular weight excluding hydrogens is 271 g/mol. The first-order valence-corrected chi connectivity index (χ1v) is 6.40. The van der Waals surface area contributed by atoms with Gasteiger partial charge < -0.3 is 15.4 Å². The number of aromatic hydroxyl groups is 1. The Morgan fingerprint density at radius 2 is 2.10 bits per heavy atom. The van der Waals surface area contributed by atoms with E-state index in [9.17, 15) is 9.50 Å². The number of hydrogen-bond acceptors (Lipinski definition) is 4. The molecule has 0 radical (unpaired) electrons. The molecule has 0 spiro atoms. The van der Waals surface area contributed by atoms with Crippen LogP contribution in [-0.4, -0.2) is 20.1 Å². The molecule has 106 valence electrons. The molecule has 3 rings (SSSR count). The van der Waals surface area contributed by atoms with E-state index in [4.69, 9.17) is 0 Å². The zero-order valence-corrected chi connectivity index (χ0v) is 11.0. The maximum atomic E-state index is 13.0. The molecule has 0 fully saturated rings. The summed E-state index contributed by atoms with van der Waals surface area (Å²) in [5.41, 5.74) is 1.41. The average molecular weight is 284 g/mol. The Bertz CT molecular complexity index is 743. The average Bonchev–Trinajstić information content (AvgIpc) is 3.01. The Kier molecular flexibility index (Phi) is 3.51. The molecule has 2 aromatic heterocycles. The van der Waals surface area contributed by atoms with Gasteiger partial charge in [-0.2, -0.15) is 0 Å². The molecule has 1 aromatic carbocycles. The minimum Gasteiger partial charge on any atom is -0.507 e. The van der Waals surface area contributed by atoms with Crippen molar-refractivity contribution in [2.24, 2.45) is 0 Å². The highest BCUT2D eigenvalue weighted by atomic mass is 19.1. The third-order valence-corrected chi connectivity index (χ3v) is 3.05. The third kappa shape index (κ3) is 2.84. The SMILES string of the molecule is Oc1cc(F)ccc1CNc1ncccc1-c1ncc[nH]1. The minimum absolute atomic E-state index is 0.0852. The number of H-pyrrole nitrogens is 1. The summed E-state index contributed by atoms with van der Waals surface area (Å²) >= 11 is 0. The standard InChI is InChI=1S/C15H13FN4O/c16-11-4-3-10(13(21)8-11)9-20-15-12(2-1-5-17-15)14-18-6-7-19-14/h1-8,21H,9H2,(H,17,20)(H,18,19). The molecule has 0 saturated heterocycles. The summed E-state index contributed by atoms with van der Waals surface area (Å²) in [5.74, 6) is 0.786. The van der Waals surface area contributed by atoms with E-state index < -0.39 is 5.82 Å². The van der Waals surface area contributed by atoms with E-state index in [1.807, 2.05) is 12.1 Å². The van der Waals surface area contributed by atoms with Crippen molar-refractivity contribution in [2.45, 2.75) is 6.54 Å². The zero-order chi connectivity index (χ0) is 14.7. The van der Waals surface area contributed by atoms with E-state index in [0.29, 0.717) is 23.8 Å². The first-order chi connectivity index (χ1) is 10.2. The molecule has 0 aliphatic heterocycles. The Morgan fingerprint density at radius 3 is 2.86 bits per heavy atom. The Morgan fingerprint density at radius 1 is 1.19 bits per heavy atom. The van der Waals surface area contributed by atoms with E-state index in [1.165, 1.54) is 12.1 Å². The van der Waals surface area contributed by atoms with Crippen molar-refractivity contribution in [3.63, 3.8) is 0 Å². The van der Waals surface area contributed by atoms with Crippen molar-refractivity contribution in [1.82, 2.24) is 15.0 Å². The highest BCUT2D eigenvalue weighted by Gasteiger charge is 2.09. The van der Waals surface area contributed by atoms with Gasteiger partial charge in [-0.3, -0.25) is 0 Å². The number of hydrogen-bond donors (Lipinski definition) is 3. The van der Waals surface area contributed by atoms with Crippen molar-refractivity contribution < 1.29 is 9.50 Å². The number of phenolic OH excluding ortho intramolecular Hbond substituents is 1. The highest BCUT2D eigenvalue weighted by molar-refractivity contribution is 5.69. The molecule has 0 amide bonds. The Balaban J connectivity index is 1.83. The number of benzene rings is 1. The molecule has 0 saturated carbocycles. The van der Waals surface area contributed by atoms with Crippen LogP contribution in [0.5, 0.6) is 5.75 Å². The lowest BCUT2D eigenvalue weighted by Gasteiger charge is -2.10. The number of halogens is 1. The van der Waals surface area contributed by atoms with Crippen LogP contribution in [0.3, 0.4) is 0 Å². The number of nitrogens with zero attached hydrogens (tertiary/aromatic N) is 2. The van der Waals surface area contributed by atoms with Gasteiger partial charge in [-0.15, -0.1) is 0 Å². The first kappa shape index (κ1) is 13.1. The summed E-state index contributed by atoms with van der Waals surface area (Å²) in [5, 5.41) is 12.8. The largest absolute Gasteiger partial charge is 0.507 e. The van der Waals surface area contributed by atoms with Crippen LogP contribution in [0.2, 0.25) is 0 Å². The fourth-order valence-electron chi connectivity index (χ4n) is 2.02. The molecule has 0 bridgehead atoms. The molecule has 0 aliphatic carbocycles. The monoisotopic (exact) mass is 284 g/mol. The maximum absolute atomic E-state index is 13.0. The molecule has 0 unspecified atom stereocenters. The first-order valence-electron chi connectivity index (χ1n) is 6.40. The number of phenols is 1. The van der Waals surface area contributed by atoms with Gasteiger partial charge in [-0.05, 0) is 18.2 Å². The van der Waals surface area contributed by atoms with Gasteiger partial charge in [-0.25, -0.2) is 14.4 Å². The van der Waals surface area contributed by atoms with Crippen molar-refractivity contribution in [1.29, 1.82) is 0 Å². The quantitative estimate of drug-likeness (QED) is 0.688. The second-order valence-electron chi connectivity index (χ2n) is 4.46. The van der Waals surface area contributed by atoms with Gasteiger partial charge in [0.2, 0.25) is 0 Å². The van der Waals surface area contributed by atoms with Crippen molar-refractivity contribution in [3.8, 4) is 17.1 Å². The van der Waals surface area contributed by atoms with Gasteiger partial charge in [-0.1, -0.05) is 6.07 Å². The molecule has 3 aromatic rings. The van der Waals surface area contributed by atoms with Gasteiger partial charge >= 0.3 is 0 Å². The van der Waals surface area contributed by atoms with Gasteiger partial charge in [0.15, 0.2) is 0 Å². The number of imidazole rings is 1. The summed E-state index contributed by atoms with van der Waals surface area (Å²) in [7, 11) is 0. The lowest BCUT2D eigenvalue weighted by molar-refractivity contribution is 0.463. The van der Waals surface area contributed by atoms with Crippen molar-refractivity contribution >= 4 is 5.82 Å². The van der Waals surface area contributed by atoms with Crippen LogP contribution in [0, 0.1) is 5.82 Å². The van der Waals surface area contributed by atoms with E-state index in [2.05, 4.69) is 20.3 Å². The van der Waals surface area contributed by atoms with E-state index in [-0.39, 0.29) is 5.75 Å². The number of rotatable bonds is 4. The highest BCUT2D eigenvalue weighted by Crippen LogP contribution is 2.24. The molecule has 6 heteroatoms. The predicted octanol–water partition coefficient (Wildman–Crippen LogP) is 2.93. The van der Waals surface area contributed by atoms with Crippen LogP contribution < -0.4 is 5.32 Å². The second-order valence-corrected chi connectivity index (χ2v) is 4.46. The van der Waals surface area contributed by atoms with Crippen LogP contribution in [-0.2, 0) is 6.54 Å². The van der Waals surface area contributed by atoms with E-state index in [0.717, 1.165) is 11.6 Å². The number of anilines is 1. The Hall–Kier alpha value is -2.89. The maximum Gasteiger partial charge on any atom is 0.141 e. The smallest absolute Gasteiger partial charge is 0.141 e. The fraction of sp³-hybridized carbons (Fsp3) is 0.0667. The molecule has 0 aliphatic rings. The van der Waals surface area contributed by atoms with Gasteiger partial charge in [0.05, 0.1) is 5.56 Å². The van der Waals surface area contributed by atoms with Gasteiger partial charge in [0.1, 0.15) is 23.2 Å². The molecule has 3 N–H and O–H groups in total. The number of aromatic amines is 1. The van der Waals surface area contributed by atoms with Gasteiger partial charge in [0, 0.05) is 36.8 Å². The van der Waals surface area contributed by atoms with E-state index >= 15 is 0 Å². The summed E-state index contributed by atoms with van der Waals surface area (Å²) in [6.45, 7) is 0.330. The molecule has 21 heavy (non-hydrogen) atoms. The number of pyridine rings is 1. The van der Waals surface area contributed by atoms with Crippen LogP contribution >= 0.6 is 0 Å². The number of aromatic nitrogens is 3. The third-order valence-electron chi connectivity index (χ3n) is 3.05. The fourth-order valence-corrected chi connectivity index (χ4v) is 2.02. The predicted molar refractivity (Wildman–Crippen MR) is 77.2 cm³/mol. The molecule has 2 heterocycles. The zero-order valence-electron chi connectivity index (χ0n) is 11.0. The van der Waals surface area contributed by atoms with E-state index in [1.54, 1.807) is 18.6 Å². The summed E-state index contributed by atoms with van der Waals surface area (Å²) in [6.07, 6.45) is 5.06. The summed E-state index contributed by atoms with van der Waals surface area (Å²) in [4.78, 5) is 11.5. The topological polar surface area (TPSA) is 73.8 Å². The van der Waals surface area contributed by atoms with Crippen molar-refractivity contribution in [3.05, 3.63) is 60.3 Å². The van der Waals surface area contributed by atoms with Crippen LogP contribution in [0.25, 0.3) is 11.4 Å². The molecule has 0 atom stereocenters. The lowest BCUT2D eigenvalue weighted by Crippen LogP contribution is -2.03. The number of nitrogens with one attached hydrogen (secondary N) is 2. The van der Waals surface area contributed by atoms with Crippen LogP contribution in [0.15, 0.2) is 48.9 Å². The Labute approximate surface area is 120 Å². The minimum atomic E-state index is -0.467. The normalized spacial score (nSPS) is 10.5. The lowest BCUT2D eigenvalue weighted by atomic mass is 10.2. The summed E-state index contributed by atoms with van der Waals surface area (Å²) in [6, 6.07) is 7.63. The summed E-state index contributed by atoms with van der Waals surface area (Å²) < 4.78 is 13.0. The van der Waals surface area contributed by atoms with Crippen molar-refractivity contribution in [2.75, 3.05) is 5.32 Å². The van der Waals surface area contributed by atoms with Gasteiger partial charge in [0.25, 0.3) is 0 Å². The van der Waals surface area contributed by atoms with Crippen LogP contribution in [0.4, 0.5) is 10.2 Å².